The van der Waals surface area contributed by atoms with Crippen LogP contribution >= 0.6 is 0 Å². The second-order valence-electron chi connectivity index (χ2n) is 5.40. The van der Waals surface area contributed by atoms with Crippen molar-refractivity contribution in [1.82, 2.24) is 14.8 Å². The second-order valence-corrected chi connectivity index (χ2v) is 5.40. The van der Waals surface area contributed by atoms with E-state index in [1.165, 1.54) is 0 Å². The van der Waals surface area contributed by atoms with E-state index in [2.05, 4.69) is 15.5 Å². The first-order valence-corrected chi connectivity index (χ1v) is 7.52. The fourth-order valence-corrected chi connectivity index (χ4v) is 2.50. The maximum atomic E-state index is 12.4. The van der Waals surface area contributed by atoms with Crippen LogP contribution in [0, 0.1) is 13.8 Å². The van der Waals surface area contributed by atoms with Crippen molar-refractivity contribution >= 4 is 17.8 Å². The summed E-state index contributed by atoms with van der Waals surface area (Å²) < 4.78 is 6.88. The number of carbonyl (C=O) groups excluding carboxylic acids is 1. The molecular weight excluding hydrogens is 304 g/mol. The molecule has 0 spiro atoms. The molecule has 1 amide bonds. The van der Waals surface area contributed by atoms with Crippen molar-refractivity contribution in [2.45, 2.75) is 13.8 Å². The first-order chi connectivity index (χ1) is 11.6. The van der Waals surface area contributed by atoms with E-state index in [4.69, 9.17) is 4.74 Å². The highest BCUT2D eigenvalue weighted by Gasteiger charge is 2.16. The number of hydrogen-bond donors (Lipinski definition) is 1. The van der Waals surface area contributed by atoms with Crippen LogP contribution in [0.3, 0.4) is 0 Å². The Morgan fingerprint density at radius 3 is 2.71 bits per heavy atom. The van der Waals surface area contributed by atoms with Crippen molar-refractivity contribution < 1.29 is 9.53 Å². The highest BCUT2D eigenvalue weighted by molar-refractivity contribution is 5.95. The summed E-state index contributed by atoms with van der Waals surface area (Å²) in [6, 6.07) is 11.2. The minimum Gasteiger partial charge on any atom is -0.497 e. The van der Waals surface area contributed by atoms with Gasteiger partial charge in [-0.2, -0.15) is 5.10 Å². The third-order valence-electron chi connectivity index (χ3n) is 3.73. The van der Waals surface area contributed by atoms with Crippen LogP contribution in [0.15, 0.2) is 47.7 Å². The molecule has 0 saturated carbocycles. The van der Waals surface area contributed by atoms with E-state index >= 15 is 0 Å². The number of rotatable bonds is 4. The standard InChI is InChI=1S/C18H18N4O2/c1-12-5-4-10-22-16(13(2)20-17(12)22)18(23)21-19-11-14-6-8-15(24-3)9-7-14/h4-11H,1-3H3,(H,21,23)/b19-11+. The Morgan fingerprint density at radius 1 is 1.25 bits per heavy atom. The molecule has 0 unspecified atom stereocenters. The Morgan fingerprint density at radius 2 is 2.00 bits per heavy atom. The molecule has 1 N–H and O–H groups in total. The summed E-state index contributed by atoms with van der Waals surface area (Å²) in [6.45, 7) is 3.78. The number of methoxy groups -OCH3 is 1. The maximum absolute atomic E-state index is 12.4. The molecule has 0 bridgehead atoms. The Labute approximate surface area is 139 Å². The molecule has 24 heavy (non-hydrogen) atoms. The van der Waals surface area contributed by atoms with E-state index in [9.17, 15) is 4.79 Å². The maximum Gasteiger partial charge on any atom is 0.290 e. The molecule has 0 aliphatic heterocycles. The largest absolute Gasteiger partial charge is 0.497 e. The second kappa shape index (κ2) is 6.54. The summed E-state index contributed by atoms with van der Waals surface area (Å²) >= 11 is 0. The van der Waals surface area contributed by atoms with Gasteiger partial charge < -0.3 is 4.74 Å². The highest BCUT2D eigenvalue weighted by atomic mass is 16.5. The van der Waals surface area contributed by atoms with Crippen LogP contribution in [-0.2, 0) is 0 Å². The van der Waals surface area contributed by atoms with E-state index in [-0.39, 0.29) is 5.91 Å². The average molecular weight is 322 g/mol. The molecule has 0 fully saturated rings. The molecule has 3 aromatic rings. The van der Waals surface area contributed by atoms with Crippen molar-refractivity contribution in [3.63, 3.8) is 0 Å². The lowest BCUT2D eigenvalue weighted by Crippen LogP contribution is -2.20. The number of carbonyl (C=O) groups is 1. The monoisotopic (exact) mass is 322 g/mol. The van der Waals surface area contributed by atoms with Crippen molar-refractivity contribution in [2.75, 3.05) is 7.11 Å². The number of hydrogen-bond acceptors (Lipinski definition) is 4. The van der Waals surface area contributed by atoms with Gasteiger partial charge in [-0.05, 0) is 55.3 Å². The van der Waals surface area contributed by atoms with Gasteiger partial charge in [0.05, 0.1) is 19.0 Å². The van der Waals surface area contributed by atoms with Crippen LogP contribution in [0.2, 0.25) is 0 Å². The number of hydrazone groups is 1. The highest BCUT2D eigenvalue weighted by Crippen LogP contribution is 2.15. The van der Waals surface area contributed by atoms with E-state index in [1.807, 2.05) is 56.4 Å². The molecular formula is C18H18N4O2. The van der Waals surface area contributed by atoms with Crippen LogP contribution in [0.5, 0.6) is 5.75 Å². The van der Waals surface area contributed by atoms with Gasteiger partial charge in [0.15, 0.2) is 0 Å². The molecule has 2 aromatic heterocycles. The quantitative estimate of drug-likeness (QED) is 0.593. The van der Waals surface area contributed by atoms with Gasteiger partial charge in [-0.3, -0.25) is 9.20 Å². The van der Waals surface area contributed by atoms with Gasteiger partial charge in [-0.1, -0.05) is 6.07 Å². The molecule has 0 aliphatic rings. The van der Waals surface area contributed by atoms with E-state index in [1.54, 1.807) is 17.7 Å². The fourth-order valence-electron chi connectivity index (χ4n) is 2.50. The lowest BCUT2D eigenvalue weighted by molar-refractivity contribution is 0.0948. The number of nitrogens with zero attached hydrogens (tertiary/aromatic N) is 3. The zero-order valence-electron chi connectivity index (χ0n) is 13.8. The number of ether oxygens (including phenoxy) is 1. The van der Waals surface area contributed by atoms with Crippen molar-refractivity contribution in [3.8, 4) is 5.75 Å². The summed E-state index contributed by atoms with van der Waals surface area (Å²) in [7, 11) is 1.61. The first-order valence-electron chi connectivity index (χ1n) is 7.52. The van der Waals surface area contributed by atoms with Crippen molar-refractivity contribution in [2.24, 2.45) is 5.10 Å². The fraction of sp³-hybridized carbons (Fsp3) is 0.167. The predicted molar refractivity (Wildman–Crippen MR) is 92.7 cm³/mol. The van der Waals surface area contributed by atoms with E-state index < -0.39 is 0 Å². The molecule has 3 rings (SSSR count). The summed E-state index contributed by atoms with van der Waals surface area (Å²) in [5, 5.41) is 4.02. The molecule has 0 saturated heterocycles. The predicted octanol–water partition coefficient (Wildman–Crippen LogP) is 2.72. The number of aromatic nitrogens is 2. The average Bonchev–Trinajstić information content (AvgIpc) is 2.93. The molecule has 2 heterocycles. The molecule has 122 valence electrons. The van der Waals surface area contributed by atoms with Gasteiger partial charge in [-0.25, -0.2) is 10.4 Å². The van der Waals surface area contributed by atoms with Crippen LogP contribution in [0.4, 0.5) is 0 Å². The number of fused-ring (bicyclic) bond motifs is 1. The number of amides is 1. The Kier molecular flexibility index (Phi) is 4.29. The topological polar surface area (TPSA) is 68.0 Å². The van der Waals surface area contributed by atoms with Crippen LogP contribution in [0.25, 0.3) is 5.65 Å². The SMILES string of the molecule is COc1ccc(/C=N/NC(=O)c2c(C)nc3c(C)cccn23)cc1. The first kappa shape index (κ1) is 15.7. The number of nitrogens with one attached hydrogen (secondary N) is 1. The summed E-state index contributed by atoms with van der Waals surface area (Å²) in [4.78, 5) is 16.9. The molecule has 0 atom stereocenters. The molecule has 0 radical (unpaired) electrons. The number of pyridine rings is 1. The van der Waals surface area contributed by atoms with Crippen LogP contribution in [0.1, 0.15) is 27.3 Å². The van der Waals surface area contributed by atoms with Gasteiger partial charge in [0.1, 0.15) is 17.1 Å². The smallest absolute Gasteiger partial charge is 0.290 e. The van der Waals surface area contributed by atoms with Crippen LogP contribution < -0.4 is 10.2 Å². The zero-order chi connectivity index (χ0) is 17.1. The van der Waals surface area contributed by atoms with Gasteiger partial charge >= 0.3 is 0 Å². The summed E-state index contributed by atoms with van der Waals surface area (Å²) in [6.07, 6.45) is 3.41. The van der Waals surface area contributed by atoms with Gasteiger partial charge in [-0.15, -0.1) is 0 Å². The lowest BCUT2D eigenvalue weighted by Gasteiger charge is -2.03. The molecule has 1 aromatic carbocycles. The minimum absolute atomic E-state index is 0.296. The van der Waals surface area contributed by atoms with Gasteiger partial charge in [0.25, 0.3) is 5.91 Å². The van der Waals surface area contributed by atoms with Gasteiger partial charge in [0.2, 0.25) is 0 Å². The third-order valence-corrected chi connectivity index (χ3v) is 3.73. The number of benzene rings is 1. The Balaban J connectivity index is 1.79. The van der Waals surface area contributed by atoms with Gasteiger partial charge in [0, 0.05) is 6.20 Å². The van der Waals surface area contributed by atoms with Crippen molar-refractivity contribution in [1.29, 1.82) is 0 Å². The van der Waals surface area contributed by atoms with E-state index in [0.29, 0.717) is 11.4 Å². The molecule has 6 heteroatoms. The Bertz CT molecular complexity index is 911. The number of imidazole rings is 1. The minimum atomic E-state index is -0.296. The Hall–Kier alpha value is -3.15. The molecule has 6 nitrogen and oxygen atoms in total. The van der Waals surface area contributed by atoms with E-state index in [0.717, 1.165) is 22.5 Å². The zero-order valence-corrected chi connectivity index (χ0v) is 13.8. The lowest BCUT2D eigenvalue weighted by atomic mass is 10.2. The summed E-state index contributed by atoms with van der Waals surface area (Å²) in [5.41, 5.74) is 6.36. The van der Waals surface area contributed by atoms with Crippen molar-refractivity contribution in [3.05, 3.63) is 65.1 Å². The summed E-state index contributed by atoms with van der Waals surface area (Å²) in [5.74, 6) is 0.475. The normalized spacial score (nSPS) is 11.1. The molecule has 0 aliphatic carbocycles. The number of aryl methyl sites for hydroxylation is 2. The third kappa shape index (κ3) is 2.99. The van der Waals surface area contributed by atoms with Crippen LogP contribution in [-0.4, -0.2) is 28.6 Å².